The molecular formula is C17H28IN3O2. The van der Waals surface area contributed by atoms with Crippen molar-refractivity contribution in [3.05, 3.63) is 35.9 Å². The Balaban J connectivity index is 0.00000484. The van der Waals surface area contributed by atoms with Gasteiger partial charge in [0.25, 0.3) is 0 Å². The maximum Gasteiger partial charge on any atom is 0.305 e. The number of esters is 1. The lowest BCUT2D eigenvalue weighted by atomic mass is 10.2. The molecular weight excluding hydrogens is 405 g/mol. The molecule has 0 saturated heterocycles. The van der Waals surface area contributed by atoms with Gasteiger partial charge in [0.2, 0.25) is 0 Å². The van der Waals surface area contributed by atoms with Crippen LogP contribution >= 0.6 is 24.0 Å². The lowest BCUT2D eigenvalue weighted by Gasteiger charge is -2.17. The number of hydrogen-bond acceptors (Lipinski definition) is 3. The average molecular weight is 433 g/mol. The number of methoxy groups -OCH3 is 1. The lowest BCUT2D eigenvalue weighted by Crippen LogP contribution is -2.37. The highest BCUT2D eigenvalue weighted by Gasteiger charge is 2.02. The molecule has 0 aliphatic carbocycles. The van der Waals surface area contributed by atoms with Crippen molar-refractivity contribution >= 4 is 35.9 Å². The van der Waals surface area contributed by atoms with E-state index in [1.54, 1.807) is 0 Å². The Morgan fingerprint density at radius 2 is 1.87 bits per heavy atom. The number of carbonyl (C=O) groups excluding carboxylic acids is 1. The topological polar surface area (TPSA) is 53.9 Å². The van der Waals surface area contributed by atoms with E-state index in [9.17, 15) is 4.79 Å². The number of nitrogens with one attached hydrogen (secondary N) is 1. The number of halogens is 1. The summed E-state index contributed by atoms with van der Waals surface area (Å²) in [4.78, 5) is 17.6. The smallest absolute Gasteiger partial charge is 0.305 e. The van der Waals surface area contributed by atoms with E-state index in [4.69, 9.17) is 0 Å². The zero-order valence-electron chi connectivity index (χ0n) is 14.2. The third-order valence-corrected chi connectivity index (χ3v) is 3.25. The quantitative estimate of drug-likeness (QED) is 0.225. The van der Waals surface area contributed by atoms with Crippen LogP contribution in [0.4, 0.5) is 0 Å². The van der Waals surface area contributed by atoms with E-state index in [0.29, 0.717) is 13.0 Å². The average Bonchev–Trinajstić information content (AvgIpc) is 2.53. The molecule has 1 aromatic rings. The van der Waals surface area contributed by atoms with Gasteiger partial charge in [-0.05, 0) is 18.4 Å². The Bertz CT molecular complexity index is 464. The van der Waals surface area contributed by atoms with Gasteiger partial charge in [0, 0.05) is 27.1 Å². The van der Waals surface area contributed by atoms with Crippen molar-refractivity contribution in [2.75, 3.05) is 27.7 Å². The van der Waals surface area contributed by atoms with Crippen molar-refractivity contribution in [2.24, 2.45) is 4.99 Å². The standard InChI is InChI=1S/C17H27N3O2.HI/c1-20(2)17(19-14-15-10-6-4-7-11-15)18-13-9-5-8-12-16(21)22-3;/h4,6-7,10-11H,5,8-9,12-14H2,1-3H3,(H,18,19);1H. The summed E-state index contributed by atoms with van der Waals surface area (Å²) in [6.45, 7) is 1.52. The van der Waals surface area contributed by atoms with Crippen molar-refractivity contribution in [3.63, 3.8) is 0 Å². The Morgan fingerprint density at radius 3 is 2.48 bits per heavy atom. The third kappa shape index (κ3) is 10.1. The minimum absolute atomic E-state index is 0. The highest BCUT2D eigenvalue weighted by molar-refractivity contribution is 14.0. The van der Waals surface area contributed by atoms with Crippen LogP contribution in [0.25, 0.3) is 0 Å². The number of benzene rings is 1. The molecule has 23 heavy (non-hydrogen) atoms. The minimum atomic E-state index is -0.133. The fourth-order valence-corrected chi connectivity index (χ4v) is 1.98. The van der Waals surface area contributed by atoms with Gasteiger partial charge in [0.15, 0.2) is 5.96 Å². The molecule has 5 nitrogen and oxygen atoms in total. The summed E-state index contributed by atoms with van der Waals surface area (Å²) in [5, 5.41) is 3.35. The number of aliphatic imine (C=N–C) groups is 1. The van der Waals surface area contributed by atoms with E-state index < -0.39 is 0 Å². The number of nitrogens with zero attached hydrogens (tertiary/aromatic N) is 2. The highest BCUT2D eigenvalue weighted by Crippen LogP contribution is 2.02. The van der Waals surface area contributed by atoms with Crippen molar-refractivity contribution in [3.8, 4) is 0 Å². The van der Waals surface area contributed by atoms with Gasteiger partial charge in [-0.25, -0.2) is 4.99 Å². The predicted molar refractivity (Wildman–Crippen MR) is 105 cm³/mol. The first-order valence-electron chi connectivity index (χ1n) is 7.70. The van der Waals surface area contributed by atoms with Gasteiger partial charge in [-0.2, -0.15) is 0 Å². The maximum absolute atomic E-state index is 11.0. The van der Waals surface area contributed by atoms with Gasteiger partial charge in [0.1, 0.15) is 0 Å². The largest absolute Gasteiger partial charge is 0.469 e. The Labute approximate surface area is 156 Å². The van der Waals surface area contributed by atoms with E-state index in [-0.39, 0.29) is 29.9 Å². The van der Waals surface area contributed by atoms with Gasteiger partial charge in [-0.3, -0.25) is 4.79 Å². The second-order valence-corrected chi connectivity index (χ2v) is 5.33. The first-order valence-corrected chi connectivity index (χ1v) is 7.70. The molecule has 0 amide bonds. The summed E-state index contributed by atoms with van der Waals surface area (Å²) in [6, 6.07) is 10.2. The second kappa shape index (κ2) is 13.2. The van der Waals surface area contributed by atoms with Crippen LogP contribution < -0.4 is 5.32 Å². The van der Waals surface area contributed by atoms with E-state index in [1.165, 1.54) is 12.7 Å². The number of carbonyl (C=O) groups is 1. The van der Waals surface area contributed by atoms with E-state index in [2.05, 4.69) is 27.2 Å². The van der Waals surface area contributed by atoms with Crippen molar-refractivity contribution in [1.82, 2.24) is 10.2 Å². The van der Waals surface area contributed by atoms with Crippen LogP contribution in [0.3, 0.4) is 0 Å². The number of guanidine groups is 1. The summed E-state index contributed by atoms with van der Waals surface area (Å²) < 4.78 is 4.62. The maximum atomic E-state index is 11.0. The molecule has 0 saturated carbocycles. The highest BCUT2D eigenvalue weighted by atomic mass is 127. The molecule has 0 atom stereocenters. The van der Waals surface area contributed by atoms with Crippen LogP contribution in [0.5, 0.6) is 0 Å². The Hall–Kier alpha value is -1.31. The monoisotopic (exact) mass is 433 g/mol. The van der Waals surface area contributed by atoms with Crippen molar-refractivity contribution in [2.45, 2.75) is 32.2 Å². The molecule has 0 aliphatic heterocycles. The molecule has 0 radical (unpaired) electrons. The fourth-order valence-electron chi connectivity index (χ4n) is 1.98. The first-order chi connectivity index (χ1) is 10.6. The Morgan fingerprint density at radius 1 is 1.17 bits per heavy atom. The molecule has 0 aromatic heterocycles. The number of hydrogen-bond donors (Lipinski definition) is 1. The summed E-state index contributed by atoms with van der Waals surface area (Å²) >= 11 is 0. The summed E-state index contributed by atoms with van der Waals surface area (Å²) in [6.07, 6.45) is 3.38. The zero-order valence-corrected chi connectivity index (χ0v) is 16.6. The molecule has 0 heterocycles. The molecule has 0 unspecified atom stereocenters. The van der Waals surface area contributed by atoms with Crippen molar-refractivity contribution < 1.29 is 9.53 Å². The Kier molecular flexibility index (Phi) is 12.4. The molecule has 0 aliphatic rings. The van der Waals surface area contributed by atoms with Gasteiger partial charge >= 0.3 is 5.97 Å². The molecule has 0 bridgehead atoms. The summed E-state index contributed by atoms with van der Waals surface area (Å²) in [5.41, 5.74) is 1.20. The SMILES string of the molecule is COC(=O)CCCCCNC(=NCc1ccccc1)N(C)C.I. The number of unbranched alkanes of at least 4 members (excludes halogenated alkanes) is 2. The minimum Gasteiger partial charge on any atom is -0.469 e. The predicted octanol–water partition coefficient (Wildman–Crippen LogP) is 3.05. The zero-order chi connectivity index (χ0) is 16.2. The molecule has 1 aromatic carbocycles. The van der Waals surface area contributed by atoms with E-state index >= 15 is 0 Å². The van der Waals surface area contributed by atoms with E-state index in [0.717, 1.165) is 31.8 Å². The van der Waals surface area contributed by atoms with Gasteiger partial charge in [0.05, 0.1) is 13.7 Å². The normalized spacial score (nSPS) is 10.7. The fraction of sp³-hybridized carbons (Fsp3) is 0.529. The van der Waals surface area contributed by atoms with Crippen LogP contribution in [0.2, 0.25) is 0 Å². The van der Waals surface area contributed by atoms with Crippen LogP contribution in [0, 0.1) is 0 Å². The van der Waals surface area contributed by atoms with Gasteiger partial charge < -0.3 is 15.0 Å². The van der Waals surface area contributed by atoms with Crippen LogP contribution in [-0.2, 0) is 16.1 Å². The van der Waals surface area contributed by atoms with E-state index in [1.807, 2.05) is 37.2 Å². The van der Waals surface area contributed by atoms with Gasteiger partial charge in [-0.1, -0.05) is 36.8 Å². The third-order valence-electron chi connectivity index (χ3n) is 3.25. The molecule has 1 rings (SSSR count). The lowest BCUT2D eigenvalue weighted by molar-refractivity contribution is -0.140. The summed E-state index contributed by atoms with van der Waals surface area (Å²) in [7, 11) is 5.39. The molecule has 1 N–H and O–H groups in total. The van der Waals surface area contributed by atoms with Gasteiger partial charge in [-0.15, -0.1) is 24.0 Å². The summed E-state index contributed by atoms with van der Waals surface area (Å²) in [5.74, 6) is 0.753. The van der Waals surface area contributed by atoms with Crippen LogP contribution in [-0.4, -0.2) is 44.6 Å². The number of ether oxygens (including phenoxy) is 1. The second-order valence-electron chi connectivity index (χ2n) is 5.33. The number of rotatable bonds is 8. The first kappa shape index (κ1) is 21.7. The van der Waals surface area contributed by atoms with Crippen molar-refractivity contribution in [1.29, 1.82) is 0 Å². The van der Waals surface area contributed by atoms with Crippen LogP contribution in [0.1, 0.15) is 31.2 Å². The molecule has 0 spiro atoms. The van der Waals surface area contributed by atoms with Crippen LogP contribution in [0.15, 0.2) is 35.3 Å². The molecule has 0 fully saturated rings. The molecule has 6 heteroatoms. The molecule has 130 valence electrons.